The Balaban J connectivity index is 0.000000113. The number of Topliss-reactive ketones (excluding diaryl/α,β-unsaturated/α-hetero) is 5. The molecule has 115 heavy (non-hydrogen) atoms. The van der Waals surface area contributed by atoms with Crippen molar-refractivity contribution in [3.8, 4) is 0 Å². The molecule has 0 unspecified atom stereocenters. The normalized spacial score (nSPS) is 61.0. The molecular formula is C105H170O10. The number of hydrogen-bond acceptors (Lipinski definition) is 10. The smallest absolute Gasteiger partial charge is 0.133 e. The molecule has 0 heterocycles. The minimum Gasteiger partial charge on any atom is -0.393 e. The second kappa shape index (κ2) is 32.0. The fourth-order valence-electron chi connectivity index (χ4n) is 38.1. The van der Waals surface area contributed by atoms with E-state index in [0.717, 1.165) is 182 Å². The zero-order valence-electron chi connectivity index (χ0n) is 82.4. The van der Waals surface area contributed by atoms with Crippen molar-refractivity contribution in [3.05, 3.63) is 0 Å². The first-order valence-electron chi connectivity index (χ1n) is 52.7. The van der Waals surface area contributed by atoms with Gasteiger partial charge >= 0.3 is 0 Å². The maximum absolute atomic E-state index is 12.3. The Morgan fingerprint density at radius 2 is 0.383 bits per heavy atom. The maximum Gasteiger partial charge on any atom is 0.133 e. The summed E-state index contributed by atoms with van der Waals surface area (Å²) in [5, 5.41) is 51.2. The van der Waals surface area contributed by atoms with Crippen LogP contribution in [0.5, 0.6) is 0 Å². The summed E-state index contributed by atoms with van der Waals surface area (Å²) in [5.74, 6) is 13.2. The summed E-state index contributed by atoms with van der Waals surface area (Å²) in [5.41, 5.74) is 1.80. The van der Waals surface area contributed by atoms with E-state index < -0.39 is 42.2 Å². The highest BCUT2D eigenvalue weighted by Crippen LogP contribution is 2.74. The van der Waals surface area contributed by atoms with Crippen LogP contribution in [0.4, 0.5) is 0 Å². The van der Waals surface area contributed by atoms with E-state index in [4.69, 9.17) is 9.60 Å². The molecule has 40 atom stereocenters. The van der Waals surface area contributed by atoms with E-state index in [9.17, 15) is 49.5 Å². The van der Waals surface area contributed by atoms with E-state index >= 15 is 0 Å². The van der Waals surface area contributed by atoms with Gasteiger partial charge in [-0.15, -0.1) is 0 Å². The molecule has 5 N–H and O–H groups in total. The van der Waals surface area contributed by atoms with Crippen molar-refractivity contribution in [1.82, 2.24) is 0 Å². The first kappa shape index (κ1) is 77.9. The third kappa shape index (κ3) is 14.3. The van der Waals surface area contributed by atoms with Crippen molar-refractivity contribution < 1.29 is 59.1 Å². The minimum absolute atomic E-state index is 0.0628. The Hall–Kier alpha value is -1.85. The predicted octanol–water partition coefficient (Wildman–Crippen LogP) is 23.0. The molecule has 20 saturated carbocycles. The first-order chi connectivity index (χ1) is 56.6. The fraction of sp³-hybridized carbons (Fsp3) is 0.952. The van der Waals surface area contributed by atoms with Crippen LogP contribution in [-0.4, -0.2) is 84.8 Å². The lowest BCUT2D eigenvalue weighted by Gasteiger charge is -2.60. The summed E-state index contributed by atoms with van der Waals surface area (Å²) in [7, 11) is 0. The molecule has 20 fully saturated rings. The van der Waals surface area contributed by atoms with Crippen LogP contribution >= 0.6 is 0 Å². The second-order valence-corrected chi connectivity index (χ2v) is 48.1. The summed E-state index contributed by atoms with van der Waals surface area (Å²) in [6.07, 6.45) is 39.4. The molecule has 0 spiro atoms. The lowest BCUT2D eigenvalue weighted by molar-refractivity contribution is -0.138. The molecule has 0 aromatic rings. The first-order valence-corrected chi connectivity index (χ1v) is 49.2. The van der Waals surface area contributed by atoms with Gasteiger partial charge in [0.2, 0.25) is 0 Å². The van der Waals surface area contributed by atoms with Gasteiger partial charge in [-0.3, -0.25) is 24.0 Å². The van der Waals surface area contributed by atoms with E-state index in [2.05, 4.69) is 69.2 Å². The zero-order chi connectivity index (χ0) is 88.5. The van der Waals surface area contributed by atoms with Crippen molar-refractivity contribution in [2.24, 2.45) is 202 Å². The predicted molar refractivity (Wildman–Crippen MR) is 460 cm³/mol. The third-order valence-corrected chi connectivity index (χ3v) is 44.4. The van der Waals surface area contributed by atoms with E-state index in [0.29, 0.717) is 181 Å². The summed E-state index contributed by atoms with van der Waals surface area (Å²) in [6.45, 7) is 32.6. The van der Waals surface area contributed by atoms with Gasteiger partial charge in [-0.05, 0) is 496 Å². The van der Waals surface area contributed by atoms with Crippen LogP contribution in [0.15, 0.2) is 0 Å². The van der Waals surface area contributed by atoms with E-state index in [1.54, 1.807) is 34.6 Å². The summed E-state index contributed by atoms with van der Waals surface area (Å²) in [6, 6.07) is 0. The Labute approximate surface area is 709 Å². The monoisotopic (exact) mass is 1600 g/mol. The van der Waals surface area contributed by atoms with Gasteiger partial charge < -0.3 is 25.5 Å². The number of hydrogen-bond donors (Lipinski definition) is 5. The van der Waals surface area contributed by atoms with Gasteiger partial charge in [0.05, 0.1) is 37.3 Å². The van der Waals surface area contributed by atoms with Gasteiger partial charge in [0.1, 0.15) is 28.9 Å². The minimum atomic E-state index is -1.22. The summed E-state index contributed by atoms with van der Waals surface area (Å²) >= 11 is 0. The van der Waals surface area contributed by atoms with Crippen LogP contribution in [-0.2, 0) is 24.0 Å². The number of carbonyl (C=O) groups excluding carboxylic acids is 5. The average Bonchev–Trinajstić information content (AvgIpc) is 1.48. The van der Waals surface area contributed by atoms with Crippen molar-refractivity contribution in [3.63, 3.8) is 0 Å². The molecule has 650 valence electrons. The number of aliphatic hydroxyl groups is 5. The molecule has 0 aromatic carbocycles. The van der Waals surface area contributed by atoms with Crippen LogP contribution in [0, 0.1) is 202 Å². The lowest BCUT2D eigenvalue weighted by Crippen LogP contribution is -2.54. The molecule has 20 aliphatic carbocycles. The molecule has 20 rings (SSSR count). The molecule has 10 nitrogen and oxygen atoms in total. The number of carbonyl (C=O) groups is 5. The highest BCUT2D eigenvalue weighted by atomic mass is 16.3. The van der Waals surface area contributed by atoms with Gasteiger partial charge in [0, 0.05) is 32.3 Å². The third-order valence-electron chi connectivity index (χ3n) is 44.4. The quantitative estimate of drug-likeness (QED) is 0.177. The lowest BCUT2D eigenvalue weighted by atomic mass is 9.44. The summed E-state index contributed by atoms with van der Waals surface area (Å²) in [4.78, 5) is 61.2. The Bertz CT molecular complexity index is 3630. The number of ketones is 5. The molecule has 0 aliphatic heterocycles. The Morgan fingerprint density at radius 1 is 0.209 bits per heavy atom. The maximum atomic E-state index is 12.3. The van der Waals surface area contributed by atoms with Gasteiger partial charge in [-0.1, -0.05) is 69.2 Å². The molecule has 10 heteroatoms. The van der Waals surface area contributed by atoms with Crippen LogP contribution in [0.3, 0.4) is 0 Å². The van der Waals surface area contributed by atoms with Crippen LogP contribution in [0.2, 0.25) is 0 Å². The highest BCUT2D eigenvalue weighted by Gasteiger charge is 2.68. The fourth-order valence-corrected chi connectivity index (χ4v) is 38.1. The van der Waals surface area contributed by atoms with Gasteiger partial charge in [0.25, 0.3) is 0 Å². The Kier molecular flexibility index (Phi) is 21.7. The SMILES string of the molecule is [2H][C@@]1(O)CC[C@@]2(C)[C@@H](CC[C@@H]3[C@@H]2CC[C@@]2(C)[C@H]3CC[C@]2([2H])C(C)=O)C1.[2H][C@@]1(O)CC[C@@]2(C)[C@@H](CC[C@@H]3[C@@H]2CC[C@]2(C)[C@@H](C(C)=O)CC[C@@H]32)C1.[2H][C@@]1(O)CC[C@@]2(C)[C@H](CC[C@@H]3[C@@H]2CC[C@@]2(C)[C@H]3CC[C@]2([2H])C(C)=O)C1.[2H][C@@]1(O)CC[C@@]2(C)[C@H](CC[C@@H]3[C@@H]2CC[C@]2(C)[C@@H](C(C)=O)CC[C@@H]32)C1.[2H][C@]1(O)CC[C@@]2(C)[C@@H](CC[C@@H]3[C@@H]2CC[C@]2(C)[C@@H](C(C)=O)CC[C@@H]32)C1. The van der Waals surface area contributed by atoms with Crippen LogP contribution in [0.1, 0.15) is 402 Å². The number of fused-ring (bicyclic) bond motifs is 25. The van der Waals surface area contributed by atoms with E-state index in [1.165, 1.54) is 96.3 Å². The van der Waals surface area contributed by atoms with Crippen LogP contribution < -0.4 is 0 Å². The molecule has 0 aromatic heterocycles. The topological polar surface area (TPSA) is 186 Å². The molecule has 20 aliphatic rings. The largest absolute Gasteiger partial charge is 0.393 e. The molecular weight excluding hydrogens is 1420 g/mol. The van der Waals surface area contributed by atoms with E-state index in [1.807, 2.05) is 0 Å². The van der Waals surface area contributed by atoms with Gasteiger partial charge in [-0.25, -0.2) is 0 Å². The van der Waals surface area contributed by atoms with Crippen LogP contribution in [0.25, 0.3) is 0 Å². The molecule has 0 radical (unpaired) electrons. The molecule has 0 amide bonds. The number of rotatable bonds is 5. The van der Waals surface area contributed by atoms with Gasteiger partial charge in [0.15, 0.2) is 0 Å². The molecule has 0 bridgehead atoms. The van der Waals surface area contributed by atoms with Gasteiger partial charge in [-0.2, -0.15) is 0 Å². The standard InChI is InChI=1S/5C21H34O2/c5*1-13(22)17-6-7-18-16-5-4-14-12-15(23)8-10-20(14,2)19(16)9-11-21(17,18)3/h5*14-19,23H,4-12H2,1-3H3/t2*14-,15+,16-,17+,18-,19-,20-,21+;2*14-,15-,16+,17-,18+,19+,20+,21-;14-,15-,16-,17+,18-,19-,20-,21+/m00110/s1/i15D,17D;15D;15D,17D;2*15D. The van der Waals surface area contributed by atoms with Crippen molar-refractivity contribution in [1.29, 1.82) is 0 Å². The zero-order valence-corrected chi connectivity index (χ0v) is 75.4. The Morgan fingerprint density at radius 3 is 0.583 bits per heavy atom. The molecule has 0 saturated heterocycles. The van der Waals surface area contributed by atoms with Crippen molar-refractivity contribution in [2.75, 3.05) is 0 Å². The van der Waals surface area contributed by atoms with Crippen molar-refractivity contribution in [2.45, 2.75) is 423 Å². The summed E-state index contributed by atoms with van der Waals surface area (Å²) < 4.78 is 58.4. The second-order valence-electron chi connectivity index (χ2n) is 48.1. The van der Waals surface area contributed by atoms with Crippen molar-refractivity contribution >= 4 is 28.9 Å². The average molecular weight is 1600 g/mol. The van der Waals surface area contributed by atoms with E-state index in [-0.39, 0.29) is 49.5 Å². The highest BCUT2D eigenvalue weighted by molar-refractivity contribution is 5.81.